The lowest BCUT2D eigenvalue weighted by Crippen LogP contribution is -2.49. The topological polar surface area (TPSA) is 52.6 Å². The molecule has 0 spiro atoms. The molecule has 2 aromatic rings. The van der Waals surface area contributed by atoms with Crippen molar-refractivity contribution in [3.05, 3.63) is 53.0 Å². The Kier molecular flexibility index (Phi) is 7.02. The van der Waals surface area contributed by atoms with E-state index in [0.717, 1.165) is 44.1 Å². The summed E-state index contributed by atoms with van der Waals surface area (Å²) in [7, 11) is 0.270. The number of aromatic nitrogens is 2. The lowest BCUT2D eigenvalue weighted by molar-refractivity contribution is 0.0746. The highest BCUT2D eigenvalue weighted by atomic mass is 32.2. The van der Waals surface area contributed by atoms with Gasteiger partial charge in [0.15, 0.2) is 0 Å². The van der Waals surface area contributed by atoms with Gasteiger partial charge in [0.25, 0.3) is 5.91 Å². The van der Waals surface area contributed by atoms with Crippen molar-refractivity contribution in [3.63, 3.8) is 0 Å². The largest absolute Gasteiger partial charge is 0.353 e. The Morgan fingerprint density at radius 3 is 2.58 bits per heavy atom. The Hall–Kier alpha value is -2.25. The summed E-state index contributed by atoms with van der Waals surface area (Å²) < 4.78 is 2.49. The van der Waals surface area contributed by atoms with E-state index in [-0.39, 0.29) is 16.6 Å². The molecule has 0 aromatic carbocycles. The maximum atomic E-state index is 13.0. The van der Waals surface area contributed by atoms with Crippen LogP contribution in [-0.4, -0.2) is 68.9 Å². The highest BCUT2D eigenvalue weighted by molar-refractivity contribution is 8.13. The average molecular weight is 440 g/mol. The van der Waals surface area contributed by atoms with Gasteiger partial charge in [-0.3, -0.25) is 14.1 Å². The van der Waals surface area contributed by atoms with E-state index >= 15 is 0 Å². The van der Waals surface area contributed by atoms with E-state index in [4.69, 9.17) is 0 Å². The molecule has 1 unspecified atom stereocenters. The third kappa shape index (κ3) is 4.99. The maximum Gasteiger partial charge on any atom is 0.255 e. The minimum atomic E-state index is 0.0764. The summed E-state index contributed by atoms with van der Waals surface area (Å²) in [6.07, 6.45) is 5.98. The molecule has 1 amide bonds. The summed E-state index contributed by atoms with van der Waals surface area (Å²) in [5.74, 6) is 2.38. The van der Waals surface area contributed by atoms with Gasteiger partial charge in [-0.25, -0.2) is 4.98 Å². The third-order valence-corrected chi connectivity index (χ3v) is 8.38. The molecule has 0 bridgehead atoms. The van der Waals surface area contributed by atoms with Crippen LogP contribution >= 0.6 is 10.7 Å². The number of rotatable bonds is 5. The highest BCUT2D eigenvalue weighted by Gasteiger charge is 2.24. The Balaban J connectivity index is 1.34. The number of carbonyl (C=O) groups is 1. The standard InChI is InChI=1S/C24H33N5OS/c1-4-20-15-19(3)23(26-16-20)27-10-12-28(13-11-27)24(30)21-7-8-22(25-17-21)18-29-9-6-14-31(29)5-2/h5,7-8,15-17H,4,6,9-14,18H2,1-3H3. The summed E-state index contributed by atoms with van der Waals surface area (Å²) in [6, 6.07) is 6.17. The maximum absolute atomic E-state index is 13.0. The number of amides is 1. The minimum absolute atomic E-state index is 0.0764. The number of aryl methyl sites for hydroxylation is 2. The SMILES string of the molecule is C/C=S1\CCCN1Cc1ccc(C(=O)N2CCN(c3ncc(CC)cc3C)CC2)cn1. The van der Waals surface area contributed by atoms with Gasteiger partial charge >= 0.3 is 0 Å². The molecule has 2 aromatic heterocycles. The second-order valence-electron chi connectivity index (χ2n) is 8.21. The molecule has 6 nitrogen and oxygen atoms in total. The van der Waals surface area contributed by atoms with E-state index in [9.17, 15) is 4.79 Å². The van der Waals surface area contributed by atoms with Crippen molar-refractivity contribution in [2.24, 2.45) is 0 Å². The van der Waals surface area contributed by atoms with Crippen molar-refractivity contribution in [1.82, 2.24) is 19.2 Å². The van der Waals surface area contributed by atoms with Crippen molar-refractivity contribution in [2.75, 3.05) is 43.4 Å². The van der Waals surface area contributed by atoms with Gasteiger partial charge in [0, 0.05) is 50.9 Å². The number of nitrogens with zero attached hydrogens (tertiary/aromatic N) is 5. The van der Waals surface area contributed by atoms with Crippen molar-refractivity contribution in [1.29, 1.82) is 0 Å². The van der Waals surface area contributed by atoms with Crippen LogP contribution in [0.2, 0.25) is 0 Å². The van der Waals surface area contributed by atoms with Crippen LogP contribution in [0.3, 0.4) is 0 Å². The van der Waals surface area contributed by atoms with Crippen LogP contribution in [0.25, 0.3) is 0 Å². The molecule has 31 heavy (non-hydrogen) atoms. The highest BCUT2D eigenvalue weighted by Crippen LogP contribution is 2.29. The minimum Gasteiger partial charge on any atom is -0.353 e. The van der Waals surface area contributed by atoms with Crippen molar-refractivity contribution in [2.45, 2.75) is 40.2 Å². The molecule has 0 aliphatic carbocycles. The molecule has 2 aliphatic rings. The second kappa shape index (κ2) is 9.92. The molecule has 166 valence electrons. The molecule has 7 heteroatoms. The van der Waals surface area contributed by atoms with Gasteiger partial charge in [0.05, 0.1) is 17.8 Å². The van der Waals surface area contributed by atoms with E-state index in [1.54, 1.807) is 6.20 Å². The van der Waals surface area contributed by atoms with Crippen LogP contribution in [0.15, 0.2) is 30.6 Å². The lowest BCUT2D eigenvalue weighted by atomic mass is 10.1. The summed E-state index contributed by atoms with van der Waals surface area (Å²) in [6.45, 7) is 11.4. The molecular weight excluding hydrogens is 406 g/mol. The Labute approximate surface area is 188 Å². The fourth-order valence-electron chi connectivity index (χ4n) is 4.34. The van der Waals surface area contributed by atoms with E-state index in [0.29, 0.717) is 18.7 Å². The Morgan fingerprint density at radius 1 is 1.13 bits per heavy atom. The fraction of sp³-hybridized carbons (Fsp3) is 0.500. The van der Waals surface area contributed by atoms with Gasteiger partial charge in [-0.1, -0.05) is 18.4 Å². The second-order valence-corrected chi connectivity index (χ2v) is 10.4. The van der Waals surface area contributed by atoms with Crippen LogP contribution in [0.4, 0.5) is 5.82 Å². The zero-order chi connectivity index (χ0) is 21.8. The van der Waals surface area contributed by atoms with Gasteiger partial charge in [0.1, 0.15) is 5.82 Å². The first-order chi connectivity index (χ1) is 15.1. The summed E-state index contributed by atoms with van der Waals surface area (Å²) in [5, 5.41) is 2.31. The first-order valence-corrected chi connectivity index (χ1v) is 12.7. The molecule has 2 fully saturated rings. The van der Waals surface area contributed by atoms with Crippen LogP contribution < -0.4 is 4.90 Å². The predicted molar refractivity (Wildman–Crippen MR) is 130 cm³/mol. The van der Waals surface area contributed by atoms with Crippen molar-refractivity contribution < 1.29 is 4.79 Å². The van der Waals surface area contributed by atoms with Crippen molar-refractivity contribution >= 4 is 27.8 Å². The number of pyridine rings is 2. The zero-order valence-electron chi connectivity index (χ0n) is 18.9. The molecule has 0 saturated carbocycles. The van der Waals surface area contributed by atoms with Crippen LogP contribution in [0.1, 0.15) is 47.4 Å². The number of anilines is 1. The number of hydrogen-bond acceptors (Lipinski definition) is 5. The van der Waals surface area contributed by atoms with Crippen LogP contribution in [0.5, 0.6) is 0 Å². The summed E-state index contributed by atoms with van der Waals surface area (Å²) in [4.78, 5) is 26.5. The molecule has 2 aliphatic heterocycles. The smallest absolute Gasteiger partial charge is 0.255 e. The Morgan fingerprint density at radius 2 is 1.94 bits per heavy atom. The van der Waals surface area contributed by atoms with Gasteiger partial charge < -0.3 is 9.80 Å². The quantitative estimate of drug-likeness (QED) is 0.667. The Bertz CT molecular complexity index is 951. The first kappa shape index (κ1) is 22.0. The number of carbonyl (C=O) groups excluding carboxylic acids is 1. The lowest BCUT2D eigenvalue weighted by Gasteiger charge is -2.36. The number of hydrogen-bond donors (Lipinski definition) is 0. The monoisotopic (exact) mass is 439 g/mol. The summed E-state index contributed by atoms with van der Waals surface area (Å²) >= 11 is 0. The van der Waals surface area contributed by atoms with E-state index in [1.807, 2.05) is 23.2 Å². The van der Waals surface area contributed by atoms with Gasteiger partial charge in [-0.15, -0.1) is 10.7 Å². The molecule has 4 rings (SSSR count). The number of piperazine rings is 1. The fourth-order valence-corrected chi connectivity index (χ4v) is 6.22. The average Bonchev–Trinajstić information content (AvgIpc) is 3.26. The van der Waals surface area contributed by atoms with Crippen LogP contribution in [-0.2, 0) is 13.0 Å². The molecule has 2 saturated heterocycles. The van der Waals surface area contributed by atoms with E-state index in [1.165, 1.54) is 23.3 Å². The van der Waals surface area contributed by atoms with E-state index < -0.39 is 0 Å². The van der Waals surface area contributed by atoms with Crippen molar-refractivity contribution in [3.8, 4) is 0 Å². The summed E-state index contributed by atoms with van der Waals surface area (Å²) in [5.41, 5.74) is 4.20. The van der Waals surface area contributed by atoms with Crippen LogP contribution in [0, 0.1) is 6.92 Å². The molecule has 0 N–H and O–H groups in total. The van der Waals surface area contributed by atoms with E-state index in [2.05, 4.69) is 51.4 Å². The molecule has 4 heterocycles. The molecule has 0 radical (unpaired) electrons. The van der Waals surface area contributed by atoms with Gasteiger partial charge in [-0.05, 0) is 49.9 Å². The van der Waals surface area contributed by atoms with Gasteiger partial charge in [0.2, 0.25) is 0 Å². The molecule has 1 atom stereocenters. The van der Waals surface area contributed by atoms with Gasteiger partial charge in [-0.2, -0.15) is 0 Å². The normalized spacial score (nSPS) is 19.9. The predicted octanol–water partition coefficient (Wildman–Crippen LogP) is 3.52. The third-order valence-electron chi connectivity index (χ3n) is 6.16. The zero-order valence-corrected chi connectivity index (χ0v) is 19.7. The molecular formula is C24H33N5OS. The first-order valence-electron chi connectivity index (χ1n) is 11.3.